The van der Waals surface area contributed by atoms with Gasteiger partial charge in [-0.25, -0.2) is 0 Å². The molecule has 0 fully saturated rings. The molecule has 0 saturated carbocycles. The van der Waals surface area contributed by atoms with Crippen LogP contribution in [0.2, 0.25) is 0 Å². The molecule has 1 amide bonds. The lowest BCUT2D eigenvalue weighted by Crippen LogP contribution is -2.33. The topological polar surface area (TPSA) is 40.5 Å². The Morgan fingerprint density at radius 3 is 1.65 bits per heavy atom. The second-order valence-electron chi connectivity index (χ2n) is 9.92. The predicted molar refractivity (Wildman–Crippen MR) is 147 cm³/mol. The van der Waals surface area contributed by atoms with Crippen molar-refractivity contribution in [1.82, 2.24) is 4.90 Å². The number of hydrogen-bond donors (Lipinski definition) is 1. The zero-order valence-electron chi connectivity index (χ0n) is 22.0. The Balaban J connectivity index is 1.89. The Hall–Kier alpha value is -2.03. The van der Waals surface area contributed by atoms with Crippen LogP contribution in [0, 0.1) is 0 Å². The van der Waals surface area contributed by atoms with E-state index in [-0.39, 0.29) is 11.7 Å². The SMILES string of the molecule is CCCCCCCCCCN(CCCCCCCCCC)C(=O)c1ccc2ccccc2c1O. The fraction of sp³-hybridized carbons (Fsp3) is 0.645. The minimum atomic E-state index is -0.0193. The van der Waals surface area contributed by atoms with E-state index in [0.29, 0.717) is 5.56 Å². The summed E-state index contributed by atoms with van der Waals surface area (Å²) < 4.78 is 0. The van der Waals surface area contributed by atoms with Crippen molar-refractivity contribution in [3.63, 3.8) is 0 Å². The summed E-state index contributed by atoms with van der Waals surface area (Å²) in [6.45, 7) is 6.09. The van der Waals surface area contributed by atoms with Crippen molar-refractivity contribution in [2.75, 3.05) is 13.1 Å². The zero-order valence-corrected chi connectivity index (χ0v) is 22.0. The Morgan fingerprint density at radius 1 is 0.647 bits per heavy atom. The molecule has 0 saturated heterocycles. The Bertz CT molecular complexity index is 796. The number of nitrogens with zero attached hydrogens (tertiary/aromatic N) is 1. The third-order valence-electron chi connectivity index (χ3n) is 6.98. The van der Waals surface area contributed by atoms with Gasteiger partial charge in [0.25, 0.3) is 5.91 Å². The second-order valence-corrected chi connectivity index (χ2v) is 9.92. The molecule has 0 spiro atoms. The first-order chi connectivity index (χ1) is 16.7. The van der Waals surface area contributed by atoms with Crippen molar-refractivity contribution in [1.29, 1.82) is 0 Å². The summed E-state index contributed by atoms with van der Waals surface area (Å²) in [7, 11) is 0. The number of phenols is 1. The maximum Gasteiger partial charge on any atom is 0.257 e. The number of fused-ring (bicyclic) bond motifs is 1. The van der Waals surface area contributed by atoms with E-state index in [1.54, 1.807) is 6.07 Å². The minimum Gasteiger partial charge on any atom is -0.506 e. The lowest BCUT2D eigenvalue weighted by molar-refractivity contribution is 0.0746. The number of benzene rings is 2. The molecule has 1 N–H and O–H groups in total. The highest BCUT2D eigenvalue weighted by Gasteiger charge is 2.20. The number of phenolic OH excluding ortho intramolecular Hbond substituents is 1. The summed E-state index contributed by atoms with van der Waals surface area (Å²) in [6, 6.07) is 11.5. The molecule has 0 aromatic heterocycles. The molecule has 0 aliphatic heterocycles. The van der Waals surface area contributed by atoms with Gasteiger partial charge in [-0.2, -0.15) is 0 Å². The van der Waals surface area contributed by atoms with Crippen LogP contribution in [0.25, 0.3) is 10.8 Å². The third-order valence-corrected chi connectivity index (χ3v) is 6.98. The summed E-state index contributed by atoms with van der Waals surface area (Å²) in [5.74, 6) is 0.106. The average Bonchev–Trinajstić information content (AvgIpc) is 2.86. The van der Waals surface area contributed by atoms with Crippen molar-refractivity contribution in [3.05, 3.63) is 42.0 Å². The van der Waals surface area contributed by atoms with Crippen LogP contribution >= 0.6 is 0 Å². The molecule has 190 valence electrons. The summed E-state index contributed by atoms with van der Waals surface area (Å²) in [6.07, 6.45) is 20.2. The normalized spacial score (nSPS) is 11.2. The van der Waals surface area contributed by atoms with Gasteiger partial charge in [0.2, 0.25) is 0 Å². The fourth-order valence-electron chi connectivity index (χ4n) is 4.79. The summed E-state index contributed by atoms with van der Waals surface area (Å²) >= 11 is 0. The largest absolute Gasteiger partial charge is 0.506 e. The first kappa shape index (κ1) is 28.2. The lowest BCUT2D eigenvalue weighted by Gasteiger charge is -2.24. The number of aromatic hydroxyl groups is 1. The highest BCUT2D eigenvalue weighted by atomic mass is 16.3. The molecule has 0 aliphatic carbocycles. The van der Waals surface area contributed by atoms with E-state index in [0.717, 1.165) is 36.7 Å². The van der Waals surface area contributed by atoms with E-state index in [1.807, 2.05) is 35.2 Å². The first-order valence-corrected chi connectivity index (χ1v) is 14.2. The van der Waals surface area contributed by atoms with Gasteiger partial charge in [-0.05, 0) is 24.3 Å². The molecule has 0 atom stereocenters. The summed E-state index contributed by atoms with van der Waals surface area (Å²) in [5, 5.41) is 12.6. The van der Waals surface area contributed by atoms with Crippen molar-refractivity contribution in [2.45, 2.75) is 117 Å². The Kier molecular flexibility index (Phi) is 14.4. The van der Waals surface area contributed by atoms with Gasteiger partial charge < -0.3 is 10.0 Å². The highest BCUT2D eigenvalue weighted by Crippen LogP contribution is 2.29. The Labute approximate surface area is 208 Å². The molecule has 2 aromatic carbocycles. The van der Waals surface area contributed by atoms with E-state index in [4.69, 9.17) is 0 Å². The van der Waals surface area contributed by atoms with E-state index in [9.17, 15) is 9.90 Å². The number of carbonyl (C=O) groups excluding carboxylic acids is 1. The van der Waals surface area contributed by atoms with Crippen molar-refractivity contribution >= 4 is 16.7 Å². The van der Waals surface area contributed by atoms with Gasteiger partial charge in [0.1, 0.15) is 5.75 Å². The number of unbranched alkanes of at least 4 members (excludes halogenated alkanes) is 14. The number of carbonyl (C=O) groups is 1. The molecule has 0 bridgehead atoms. The molecule has 3 heteroatoms. The molecule has 2 aromatic rings. The number of hydrogen-bond acceptors (Lipinski definition) is 2. The first-order valence-electron chi connectivity index (χ1n) is 14.2. The van der Waals surface area contributed by atoms with Crippen LogP contribution in [0.4, 0.5) is 0 Å². The standard InChI is InChI=1S/C31H49NO2/c1-3-5-7-9-11-13-15-19-25-32(26-20-16-14-12-10-8-6-4-2)31(34)29-24-23-27-21-17-18-22-28(27)30(29)33/h17-18,21-24,33H,3-16,19-20,25-26H2,1-2H3. The summed E-state index contributed by atoms with van der Waals surface area (Å²) in [4.78, 5) is 15.4. The average molecular weight is 468 g/mol. The van der Waals surface area contributed by atoms with Crippen LogP contribution in [0.5, 0.6) is 5.75 Å². The molecule has 34 heavy (non-hydrogen) atoms. The lowest BCUT2D eigenvalue weighted by atomic mass is 10.0. The van der Waals surface area contributed by atoms with Gasteiger partial charge >= 0.3 is 0 Å². The van der Waals surface area contributed by atoms with E-state index in [2.05, 4.69) is 13.8 Å². The van der Waals surface area contributed by atoms with Crippen molar-refractivity contribution < 1.29 is 9.90 Å². The summed E-state index contributed by atoms with van der Waals surface area (Å²) in [5.41, 5.74) is 0.442. The maximum absolute atomic E-state index is 13.5. The third kappa shape index (κ3) is 10.1. The molecule has 2 rings (SSSR count). The molecule has 0 radical (unpaired) electrons. The molecule has 0 unspecified atom stereocenters. The van der Waals surface area contributed by atoms with Crippen LogP contribution in [0.1, 0.15) is 127 Å². The maximum atomic E-state index is 13.5. The number of amides is 1. The zero-order chi connectivity index (χ0) is 24.4. The van der Waals surface area contributed by atoms with Crippen molar-refractivity contribution in [2.24, 2.45) is 0 Å². The van der Waals surface area contributed by atoms with E-state index >= 15 is 0 Å². The van der Waals surface area contributed by atoms with Crippen LogP contribution in [0.15, 0.2) is 36.4 Å². The number of rotatable bonds is 19. The van der Waals surface area contributed by atoms with Crippen molar-refractivity contribution in [3.8, 4) is 5.75 Å². The predicted octanol–water partition coefficient (Wildman–Crippen LogP) is 9.27. The van der Waals surface area contributed by atoms with Gasteiger partial charge in [-0.1, -0.05) is 134 Å². The van der Waals surface area contributed by atoms with Gasteiger partial charge in [0, 0.05) is 18.5 Å². The second kappa shape index (κ2) is 17.4. The molecule has 0 heterocycles. The van der Waals surface area contributed by atoms with E-state index < -0.39 is 0 Å². The molecule has 3 nitrogen and oxygen atoms in total. The molecular weight excluding hydrogens is 418 g/mol. The Morgan fingerprint density at radius 2 is 1.12 bits per heavy atom. The minimum absolute atomic E-state index is 0.0193. The highest BCUT2D eigenvalue weighted by molar-refractivity contribution is 6.03. The van der Waals surface area contributed by atoms with Gasteiger partial charge in [-0.3, -0.25) is 4.79 Å². The van der Waals surface area contributed by atoms with Gasteiger partial charge in [0.15, 0.2) is 0 Å². The van der Waals surface area contributed by atoms with E-state index in [1.165, 1.54) is 89.9 Å². The van der Waals surface area contributed by atoms with Gasteiger partial charge in [-0.15, -0.1) is 0 Å². The molecule has 0 aliphatic rings. The van der Waals surface area contributed by atoms with Crippen LogP contribution in [0.3, 0.4) is 0 Å². The fourth-order valence-corrected chi connectivity index (χ4v) is 4.79. The van der Waals surface area contributed by atoms with Crippen LogP contribution in [-0.4, -0.2) is 29.0 Å². The molecular formula is C31H49NO2. The van der Waals surface area contributed by atoms with Crippen LogP contribution < -0.4 is 0 Å². The van der Waals surface area contributed by atoms with Crippen LogP contribution in [-0.2, 0) is 0 Å². The monoisotopic (exact) mass is 467 g/mol. The smallest absolute Gasteiger partial charge is 0.257 e. The quantitative estimate of drug-likeness (QED) is 0.209. The van der Waals surface area contributed by atoms with Gasteiger partial charge in [0.05, 0.1) is 5.56 Å².